The third-order valence-electron chi connectivity index (χ3n) is 2.44. The summed E-state index contributed by atoms with van der Waals surface area (Å²) in [6.45, 7) is 9.83. The second kappa shape index (κ2) is 5.31. The highest BCUT2D eigenvalue weighted by Crippen LogP contribution is 2.13. The summed E-state index contributed by atoms with van der Waals surface area (Å²) < 4.78 is 2.20. The zero-order chi connectivity index (χ0) is 11.3. The first-order valence-corrected chi connectivity index (χ1v) is 5.75. The number of aromatic nitrogens is 2. The van der Waals surface area contributed by atoms with E-state index in [-0.39, 0.29) is 5.54 Å². The average molecular weight is 209 g/mol. The van der Waals surface area contributed by atoms with Gasteiger partial charge in [-0.2, -0.15) is 0 Å². The Balaban J connectivity index is 2.52. The van der Waals surface area contributed by atoms with Crippen LogP contribution in [-0.2, 0) is 0 Å². The van der Waals surface area contributed by atoms with Crippen LogP contribution in [0.1, 0.15) is 46.6 Å². The van der Waals surface area contributed by atoms with Crippen LogP contribution in [-0.4, -0.2) is 21.6 Å². The topological polar surface area (TPSA) is 29.9 Å². The molecule has 0 radical (unpaired) electrons. The molecule has 0 aliphatic rings. The highest BCUT2D eigenvalue weighted by atomic mass is 15.1. The predicted octanol–water partition coefficient (Wildman–Crippen LogP) is 2.61. The standard InChI is InChI=1S/C12H23N3/c1-5-6-11(9-14-12(2,3)4)15-8-7-13-10-15/h7-8,10-11,14H,5-6,9H2,1-4H3. The number of hydrogen-bond donors (Lipinski definition) is 1. The van der Waals surface area contributed by atoms with Gasteiger partial charge < -0.3 is 9.88 Å². The fourth-order valence-corrected chi connectivity index (χ4v) is 1.60. The van der Waals surface area contributed by atoms with Crippen molar-refractivity contribution in [1.82, 2.24) is 14.9 Å². The molecule has 1 aromatic rings. The van der Waals surface area contributed by atoms with E-state index >= 15 is 0 Å². The second-order valence-electron chi connectivity index (χ2n) is 5.08. The first kappa shape index (κ1) is 12.2. The molecule has 1 N–H and O–H groups in total. The van der Waals surface area contributed by atoms with Crippen molar-refractivity contribution in [2.45, 2.75) is 52.1 Å². The summed E-state index contributed by atoms with van der Waals surface area (Å²) in [5.41, 5.74) is 0.187. The summed E-state index contributed by atoms with van der Waals surface area (Å²) in [5, 5.41) is 3.55. The van der Waals surface area contributed by atoms with Gasteiger partial charge in [-0.05, 0) is 27.2 Å². The summed E-state index contributed by atoms with van der Waals surface area (Å²) in [6, 6.07) is 0.525. The molecule has 1 atom stereocenters. The van der Waals surface area contributed by atoms with Crippen molar-refractivity contribution < 1.29 is 0 Å². The SMILES string of the molecule is CCCC(CNC(C)(C)C)n1ccnc1. The Kier molecular flexibility index (Phi) is 4.33. The Labute approximate surface area is 92.9 Å². The van der Waals surface area contributed by atoms with Gasteiger partial charge in [0.05, 0.1) is 6.33 Å². The molecule has 3 nitrogen and oxygen atoms in total. The van der Waals surface area contributed by atoms with Crippen molar-refractivity contribution in [1.29, 1.82) is 0 Å². The van der Waals surface area contributed by atoms with Gasteiger partial charge in [0, 0.05) is 30.5 Å². The lowest BCUT2D eigenvalue weighted by atomic mass is 10.1. The van der Waals surface area contributed by atoms with Crippen LogP contribution in [0.15, 0.2) is 18.7 Å². The van der Waals surface area contributed by atoms with Gasteiger partial charge in [0.25, 0.3) is 0 Å². The minimum absolute atomic E-state index is 0.187. The van der Waals surface area contributed by atoms with Crippen LogP contribution in [0.2, 0.25) is 0 Å². The molecule has 86 valence electrons. The van der Waals surface area contributed by atoms with Gasteiger partial charge >= 0.3 is 0 Å². The van der Waals surface area contributed by atoms with Crippen LogP contribution >= 0.6 is 0 Å². The molecule has 1 unspecified atom stereocenters. The lowest BCUT2D eigenvalue weighted by Gasteiger charge is -2.25. The molecule has 1 aromatic heterocycles. The normalized spacial score (nSPS) is 14.1. The van der Waals surface area contributed by atoms with Crippen LogP contribution in [0.3, 0.4) is 0 Å². The lowest BCUT2D eigenvalue weighted by molar-refractivity contribution is 0.352. The maximum Gasteiger partial charge on any atom is 0.0948 e. The zero-order valence-electron chi connectivity index (χ0n) is 10.3. The van der Waals surface area contributed by atoms with E-state index in [0.717, 1.165) is 6.54 Å². The maximum absolute atomic E-state index is 4.10. The van der Waals surface area contributed by atoms with Gasteiger partial charge in [-0.15, -0.1) is 0 Å². The Hall–Kier alpha value is -0.830. The summed E-state index contributed by atoms with van der Waals surface area (Å²) in [7, 11) is 0. The molecule has 0 saturated carbocycles. The van der Waals surface area contributed by atoms with Crippen LogP contribution in [0.5, 0.6) is 0 Å². The van der Waals surface area contributed by atoms with Gasteiger partial charge in [0.2, 0.25) is 0 Å². The molecule has 0 aliphatic heterocycles. The lowest BCUT2D eigenvalue weighted by Crippen LogP contribution is -2.39. The molecule has 0 aliphatic carbocycles. The monoisotopic (exact) mass is 209 g/mol. The molecule has 0 fully saturated rings. The Morgan fingerprint density at radius 1 is 1.40 bits per heavy atom. The van der Waals surface area contributed by atoms with Crippen molar-refractivity contribution in [2.24, 2.45) is 0 Å². The number of nitrogens with one attached hydrogen (secondary N) is 1. The Morgan fingerprint density at radius 2 is 2.13 bits per heavy atom. The van der Waals surface area contributed by atoms with Gasteiger partial charge in [-0.3, -0.25) is 0 Å². The number of imidazole rings is 1. The van der Waals surface area contributed by atoms with Crippen molar-refractivity contribution in [2.75, 3.05) is 6.54 Å². The molecule has 1 heterocycles. The molecular formula is C12H23N3. The van der Waals surface area contributed by atoms with Crippen molar-refractivity contribution >= 4 is 0 Å². The largest absolute Gasteiger partial charge is 0.333 e. The van der Waals surface area contributed by atoms with Gasteiger partial charge in [0.15, 0.2) is 0 Å². The van der Waals surface area contributed by atoms with Crippen LogP contribution < -0.4 is 5.32 Å². The van der Waals surface area contributed by atoms with Gasteiger partial charge in [-0.1, -0.05) is 13.3 Å². The van der Waals surface area contributed by atoms with Gasteiger partial charge in [0.1, 0.15) is 0 Å². The molecule has 0 amide bonds. The first-order valence-electron chi connectivity index (χ1n) is 5.75. The molecule has 15 heavy (non-hydrogen) atoms. The molecule has 1 rings (SSSR count). The minimum Gasteiger partial charge on any atom is -0.333 e. The van der Waals surface area contributed by atoms with Crippen LogP contribution in [0, 0.1) is 0 Å². The molecule has 0 aromatic carbocycles. The Bertz CT molecular complexity index is 259. The second-order valence-corrected chi connectivity index (χ2v) is 5.08. The van der Waals surface area contributed by atoms with E-state index in [1.54, 1.807) is 0 Å². The summed E-state index contributed by atoms with van der Waals surface area (Å²) in [4.78, 5) is 4.10. The summed E-state index contributed by atoms with van der Waals surface area (Å²) in [6.07, 6.45) is 8.20. The molecule has 0 saturated heterocycles. The molecule has 3 heteroatoms. The number of nitrogens with zero attached hydrogens (tertiary/aromatic N) is 2. The molecule has 0 bridgehead atoms. The molecular weight excluding hydrogens is 186 g/mol. The van der Waals surface area contributed by atoms with Crippen molar-refractivity contribution in [3.05, 3.63) is 18.7 Å². The van der Waals surface area contributed by atoms with E-state index in [9.17, 15) is 0 Å². The van der Waals surface area contributed by atoms with E-state index in [1.165, 1.54) is 12.8 Å². The third kappa shape index (κ3) is 4.47. The summed E-state index contributed by atoms with van der Waals surface area (Å²) >= 11 is 0. The maximum atomic E-state index is 4.10. The van der Waals surface area contributed by atoms with E-state index < -0.39 is 0 Å². The zero-order valence-corrected chi connectivity index (χ0v) is 10.3. The average Bonchev–Trinajstić information content (AvgIpc) is 2.63. The van der Waals surface area contributed by atoms with E-state index in [4.69, 9.17) is 0 Å². The Morgan fingerprint density at radius 3 is 2.60 bits per heavy atom. The third-order valence-corrected chi connectivity index (χ3v) is 2.44. The fraction of sp³-hybridized carbons (Fsp3) is 0.750. The summed E-state index contributed by atoms with van der Waals surface area (Å²) in [5.74, 6) is 0. The number of hydrogen-bond acceptors (Lipinski definition) is 2. The highest BCUT2D eigenvalue weighted by molar-refractivity contribution is 4.83. The number of rotatable bonds is 5. The fourth-order valence-electron chi connectivity index (χ4n) is 1.60. The minimum atomic E-state index is 0.187. The van der Waals surface area contributed by atoms with Crippen LogP contribution in [0.4, 0.5) is 0 Å². The smallest absolute Gasteiger partial charge is 0.0948 e. The molecule has 0 spiro atoms. The first-order chi connectivity index (χ1) is 7.03. The predicted molar refractivity (Wildman–Crippen MR) is 63.9 cm³/mol. The van der Waals surface area contributed by atoms with Gasteiger partial charge in [-0.25, -0.2) is 4.98 Å². The van der Waals surface area contributed by atoms with E-state index in [0.29, 0.717) is 6.04 Å². The van der Waals surface area contributed by atoms with Crippen molar-refractivity contribution in [3.63, 3.8) is 0 Å². The highest BCUT2D eigenvalue weighted by Gasteiger charge is 2.14. The van der Waals surface area contributed by atoms with E-state index in [1.807, 2.05) is 18.7 Å². The van der Waals surface area contributed by atoms with E-state index in [2.05, 4.69) is 42.6 Å². The quantitative estimate of drug-likeness (QED) is 0.808. The van der Waals surface area contributed by atoms with Crippen LogP contribution in [0.25, 0.3) is 0 Å². The van der Waals surface area contributed by atoms with Crippen molar-refractivity contribution in [3.8, 4) is 0 Å².